The Balaban J connectivity index is 1.67. The first kappa shape index (κ1) is 22.7. The first-order chi connectivity index (χ1) is 17.1. The first-order valence-electron chi connectivity index (χ1n) is 12.0. The lowest BCUT2D eigenvalue weighted by Gasteiger charge is -2.30. The number of rotatable bonds is 7. The molecule has 5 rings (SSSR count). The zero-order chi connectivity index (χ0) is 24.4. The Morgan fingerprint density at radius 1 is 1.03 bits per heavy atom. The highest BCUT2D eigenvalue weighted by atomic mass is 16.5. The topological polar surface area (TPSA) is 74.4 Å². The zero-order valence-corrected chi connectivity index (χ0v) is 20.0. The predicted octanol–water partition coefficient (Wildman–Crippen LogP) is 5.46. The predicted molar refractivity (Wildman–Crippen MR) is 137 cm³/mol. The van der Waals surface area contributed by atoms with Crippen molar-refractivity contribution in [2.24, 2.45) is 0 Å². The van der Waals surface area contributed by atoms with Crippen LogP contribution in [0.3, 0.4) is 0 Å². The normalized spacial score (nSPS) is 14.9. The summed E-state index contributed by atoms with van der Waals surface area (Å²) in [5.74, 6) is 0.383. The number of fused-ring (bicyclic) bond motifs is 5. The summed E-state index contributed by atoms with van der Waals surface area (Å²) in [7, 11) is 1.62. The van der Waals surface area contributed by atoms with E-state index in [9.17, 15) is 9.59 Å². The third-order valence-corrected chi connectivity index (χ3v) is 6.61. The zero-order valence-electron chi connectivity index (χ0n) is 20.0. The fourth-order valence-corrected chi connectivity index (χ4v) is 4.83. The van der Waals surface area contributed by atoms with Crippen LogP contribution in [-0.4, -0.2) is 35.4 Å². The van der Waals surface area contributed by atoms with E-state index in [-0.39, 0.29) is 18.4 Å². The minimum Gasteiger partial charge on any atom is -0.497 e. The lowest BCUT2D eigenvalue weighted by Crippen LogP contribution is -2.43. The summed E-state index contributed by atoms with van der Waals surface area (Å²) >= 11 is 0. The van der Waals surface area contributed by atoms with Gasteiger partial charge in [-0.15, -0.1) is 0 Å². The third-order valence-electron chi connectivity index (χ3n) is 6.61. The van der Waals surface area contributed by atoms with E-state index in [1.165, 1.54) is 0 Å². The van der Waals surface area contributed by atoms with Gasteiger partial charge in [-0.2, -0.15) is 0 Å². The number of carbonyl (C=O) groups is 2. The van der Waals surface area contributed by atoms with Gasteiger partial charge in [0.15, 0.2) is 0 Å². The molecule has 1 aliphatic heterocycles. The standard InChI is InChI=1S/C29H29N3O3/c1-3-4-17-30-28(33)27-22-10-6-5-9-21(22)25-23-11-7-8-12-24(23)31-26(25)29(34)32(27)18-19-13-15-20(35-2)16-14-19/h5-16,27,31H,3-4,17-18H2,1-2H3,(H,30,33). The van der Waals surface area contributed by atoms with E-state index in [1.54, 1.807) is 12.0 Å². The quantitative estimate of drug-likeness (QED) is 0.355. The Morgan fingerprint density at radius 2 is 1.77 bits per heavy atom. The molecule has 0 saturated heterocycles. The maximum absolute atomic E-state index is 14.1. The maximum Gasteiger partial charge on any atom is 0.272 e. The SMILES string of the molecule is CCCCNC(=O)C1c2ccccc2-c2c([nH]c3ccccc23)C(=O)N1Cc1ccc(OC)cc1. The molecule has 1 aromatic heterocycles. The van der Waals surface area contributed by atoms with E-state index < -0.39 is 6.04 Å². The average Bonchev–Trinajstić information content (AvgIpc) is 3.24. The number of aromatic amines is 1. The van der Waals surface area contributed by atoms with Crippen LogP contribution in [-0.2, 0) is 11.3 Å². The molecule has 35 heavy (non-hydrogen) atoms. The van der Waals surface area contributed by atoms with Gasteiger partial charge < -0.3 is 19.9 Å². The van der Waals surface area contributed by atoms with Gasteiger partial charge in [-0.25, -0.2) is 0 Å². The van der Waals surface area contributed by atoms with Gasteiger partial charge in [0, 0.05) is 29.6 Å². The van der Waals surface area contributed by atoms with Crippen LogP contribution < -0.4 is 10.1 Å². The number of methoxy groups -OCH3 is 1. The van der Waals surface area contributed by atoms with Crippen molar-refractivity contribution in [1.29, 1.82) is 0 Å². The molecule has 2 N–H and O–H groups in total. The van der Waals surface area contributed by atoms with Gasteiger partial charge >= 0.3 is 0 Å². The number of H-pyrrole nitrogens is 1. The van der Waals surface area contributed by atoms with Crippen LogP contribution in [0.2, 0.25) is 0 Å². The number of carbonyl (C=O) groups excluding carboxylic acids is 2. The van der Waals surface area contributed by atoms with Crippen molar-refractivity contribution in [1.82, 2.24) is 15.2 Å². The Bertz CT molecular complexity index is 1370. The van der Waals surface area contributed by atoms with Crippen LogP contribution >= 0.6 is 0 Å². The molecule has 4 aromatic rings. The van der Waals surface area contributed by atoms with Gasteiger partial charge in [-0.1, -0.05) is 67.9 Å². The second-order valence-electron chi connectivity index (χ2n) is 8.84. The van der Waals surface area contributed by atoms with Crippen molar-refractivity contribution in [3.8, 4) is 16.9 Å². The third kappa shape index (κ3) is 4.16. The molecule has 2 amide bonds. The smallest absolute Gasteiger partial charge is 0.272 e. The Morgan fingerprint density at radius 3 is 2.54 bits per heavy atom. The van der Waals surface area contributed by atoms with Crippen molar-refractivity contribution in [2.45, 2.75) is 32.4 Å². The Kier molecular flexibility index (Phi) is 6.27. The van der Waals surface area contributed by atoms with Gasteiger partial charge in [-0.05, 0) is 41.3 Å². The summed E-state index contributed by atoms with van der Waals surface area (Å²) < 4.78 is 5.29. The van der Waals surface area contributed by atoms with E-state index in [1.807, 2.05) is 72.8 Å². The summed E-state index contributed by atoms with van der Waals surface area (Å²) in [6, 6.07) is 22.6. The number of hydrogen-bond donors (Lipinski definition) is 2. The highest BCUT2D eigenvalue weighted by molar-refractivity contribution is 6.12. The molecule has 0 radical (unpaired) electrons. The number of nitrogens with zero attached hydrogens (tertiary/aromatic N) is 1. The molecule has 178 valence electrons. The largest absolute Gasteiger partial charge is 0.497 e. The number of aromatic nitrogens is 1. The number of nitrogens with one attached hydrogen (secondary N) is 2. The van der Waals surface area contributed by atoms with Crippen LogP contribution in [0.25, 0.3) is 22.0 Å². The van der Waals surface area contributed by atoms with Gasteiger partial charge in [0.05, 0.1) is 7.11 Å². The van der Waals surface area contributed by atoms with Crippen LogP contribution in [0.4, 0.5) is 0 Å². The first-order valence-corrected chi connectivity index (χ1v) is 12.0. The van der Waals surface area contributed by atoms with Crippen molar-refractivity contribution in [3.05, 3.63) is 89.6 Å². The highest BCUT2D eigenvalue weighted by Gasteiger charge is 2.39. The molecule has 6 heteroatoms. The monoisotopic (exact) mass is 467 g/mol. The average molecular weight is 468 g/mol. The summed E-state index contributed by atoms with van der Waals surface area (Å²) in [4.78, 5) is 32.8. The van der Waals surface area contributed by atoms with Crippen LogP contribution in [0, 0.1) is 0 Å². The molecule has 3 aromatic carbocycles. The number of benzene rings is 3. The van der Waals surface area contributed by atoms with E-state index in [0.29, 0.717) is 12.2 Å². The molecule has 0 bridgehead atoms. The summed E-state index contributed by atoms with van der Waals surface area (Å²) in [5, 5.41) is 4.04. The lowest BCUT2D eigenvalue weighted by molar-refractivity contribution is -0.126. The molecule has 6 nitrogen and oxygen atoms in total. The minimum absolute atomic E-state index is 0.165. The van der Waals surface area contributed by atoms with Crippen molar-refractivity contribution in [3.63, 3.8) is 0 Å². The number of unbranched alkanes of at least 4 members (excludes halogenated alkanes) is 1. The van der Waals surface area contributed by atoms with Gasteiger partial charge in [0.25, 0.3) is 5.91 Å². The van der Waals surface area contributed by atoms with Crippen molar-refractivity contribution >= 4 is 22.7 Å². The van der Waals surface area contributed by atoms with E-state index in [4.69, 9.17) is 4.74 Å². The molecular weight excluding hydrogens is 438 g/mol. The number of para-hydroxylation sites is 1. The molecule has 0 fully saturated rings. The second-order valence-corrected chi connectivity index (χ2v) is 8.84. The molecular formula is C29H29N3O3. The summed E-state index contributed by atoms with van der Waals surface area (Å²) in [5.41, 5.74) is 4.91. The molecule has 1 atom stereocenters. The molecule has 0 saturated carbocycles. The van der Waals surface area contributed by atoms with Crippen LogP contribution in [0.1, 0.15) is 47.4 Å². The van der Waals surface area contributed by atoms with Gasteiger partial charge in [0.1, 0.15) is 17.5 Å². The Labute approximate surface area is 204 Å². The Hall–Kier alpha value is -4.06. The molecule has 0 aliphatic carbocycles. The molecule has 1 aliphatic rings. The maximum atomic E-state index is 14.1. The second kappa shape index (κ2) is 9.66. The molecule has 2 heterocycles. The fraction of sp³-hybridized carbons (Fsp3) is 0.241. The number of ether oxygens (including phenoxy) is 1. The van der Waals surface area contributed by atoms with Crippen LogP contribution in [0.15, 0.2) is 72.8 Å². The van der Waals surface area contributed by atoms with Crippen molar-refractivity contribution in [2.75, 3.05) is 13.7 Å². The van der Waals surface area contributed by atoms with E-state index >= 15 is 0 Å². The molecule has 1 unspecified atom stereocenters. The van der Waals surface area contributed by atoms with E-state index in [2.05, 4.69) is 17.2 Å². The minimum atomic E-state index is -0.753. The summed E-state index contributed by atoms with van der Waals surface area (Å²) in [6.45, 7) is 2.95. The van der Waals surface area contributed by atoms with Crippen molar-refractivity contribution < 1.29 is 14.3 Å². The van der Waals surface area contributed by atoms with Gasteiger partial charge in [0.2, 0.25) is 5.91 Å². The van der Waals surface area contributed by atoms with Gasteiger partial charge in [-0.3, -0.25) is 9.59 Å². The number of hydrogen-bond acceptors (Lipinski definition) is 3. The fourth-order valence-electron chi connectivity index (χ4n) is 4.83. The van der Waals surface area contributed by atoms with Crippen LogP contribution in [0.5, 0.6) is 5.75 Å². The molecule has 0 spiro atoms. The summed E-state index contributed by atoms with van der Waals surface area (Å²) in [6.07, 6.45) is 1.86. The number of amides is 2. The highest BCUT2D eigenvalue weighted by Crippen LogP contribution is 2.42. The van der Waals surface area contributed by atoms with E-state index in [0.717, 1.165) is 51.7 Å². The lowest BCUT2D eigenvalue weighted by atomic mass is 9.93.